The summed E-state index contributed by atoms with van der Waals surface area (Å²) in [6.07, 6.45) is 0. The molecule has 7 nitrogen and oxygen atoms in total. The first-order valence-corrected chi connectivity index (χ1v) is 6.63. The molecule has 0 heterocycles. The molecule has 0 bridgehead atoms. The molecule has 0 spiro atoms. The van der Waals surface area contributed by atoms with E-state index in [1.807, 2.05) is 30.3 Å². The van der Waals surface area contributed by atoms with Gasteiger partial charge in [0.1, 0.15) is 18.0 Å². The number of anilines is 1. The molecule has 0 unspecified atom stereocenters. The van der Waals surface area contributed by atoms with Gasteiger partial charge in [0.2, 0.25) is 0 Å². The molecule has 0 fully saturated rings. The molecular formula is C15H15N3O4. The number of benzene rings is 2. The zero-order chi connectivity index (χ0) is 15.8. The Morgan fingerprint density at radius 1 is 1.09 bits per heavy atom. The van der Waals surface area contributed by atoms with Gasteiger partial charge in [-0.2, -0.15) is 0 Å². The van der Waals surface area contributed by atoms with Crippen LogP contribution in [-0.4, -0.2) is 24.1 Å². The van der Waals surface area contributed by atoms with Crippen LogP contribution in [-0.2, 0) is 0 Å². The van der Waals surface area contributed by atoms with E-state index in [1.165, 1.54) is 18.2 Å². The number of nitro groups is 1. The lowest BCUT2D eigenvalue weighted by Crippen LogP contribution is -2.32. The number of carbonyl (C=O) groups is 1. The Balaban J connectivity index is 1.78. The fourth-order valence-electron chi connectivity index (χ4n) is 1.76. The Morgan fingerprint density at radius 2 is 1.77 bits per heavy atom. The van der Waals surface area contributed by atoms with Gasteiger partial charge in [0.05, 0.1) is 11.5 Å². The van der Waals surface area contributed by atoms with E-state index in [2.05, 4.69) is 10.6 Å². The number of nitrogens with one attached hydrogen (secondary N) is 2. The Kier molecular flexibility index (Phi) is 5.31. The van der Waals surface area contributed by atoms with Crippen molar-refractivity contribution in [2.45, 2.75) is 0 Å². The van der Waals surface area contributed by atoms with E-state index >= 15 is 0 Å². The van der Waals surface area contributed by atoms with Crippen LogP contribution in [0.5, 0.6) is 5.75 Å². The molecule has 7 heteroatoms. The van der Waals surface area contributed by atoms with Crippen molar-refractivity contribution in [2.75, 3.05) is 18.5 Å². The van der Waals surface area contributed by atoms with E-state index in [-0.39, 0.29) is 17.9 Å². The van der Waals surface area contributed by atoms with Gasteiger partial charge >= 0.3 is 6.03 Å². The maximum atomic E-state index is 11.7. The van der Waals surface area contributed by atoms with Crippen LogP contribution in [0, 0.1) is 10.1 Å². The van der Waals surface area contributed by atoms with Crippen molar-refractivity contribution in [3.05, 3.63) is 64.7 Å². The number of rotatable bonds is 6. The van der Waals surface area contributed by atoms with E-state index in [0.29, 0.717) is 12.4 Å². The highest BCUT2D eigenvalue weighted by molar-refractivity contribution is 5.91. The summed E-state index contributed by atoms with van der Waals surface area (Å²) in [5.74, 6) is 0.711. The molecule has 0 aliphatic heterocycles. The second kappa shape index (κ2) is 7.63. The van der Waals surface area contributed by atoms with Crippen molar-refractivity contribution in [3.63, 3.8) is 0 Å². The van der Waals surface area contributed by atoms with Gasteiger partial charge in [-0.05, 0) is 18.2 Å². The smallest absolute Gasteiger partial charge is 0.319 e. The predicted octanol–water partition coefficient (Wildman–Crippen LogP) is 2.80. The lowest BCUT2D eigenvalue weighted by molar-refractivity contribution is -0.383. The van der Waals surface area contributed by atoms with Gasteiger partial charge in [-0.15, -0.1) is 0 Å². The number of ether oxygens (including phenoxy) is 1. The number of carbonyl (C=O) groups excluding carboxylic acids is 1. The number of nitro benzene ring substituents is 1. The molecular weight excluding hydrogens is 286 g/mol. The van der Waals surface area contributed by atoms with Crippen LogP contribution >= 0.6 is 0 Å². The first kappa shape index (κ1) is 15.3. The Morgan fingerprint density at radius 3 is 2.50 bits per heavy atom. The summed E-state index contributed by atoms with van der Waals surface area (Å²) >= 11 is 0. The second-order valence-corrected chi connectivity index (χ2v) is 4.32. The zero-order valence-corrected chi connectivity index (χ0v) is 11.7. The van der Waals surface area contributed by atoms with E-state index < -0.39 is 11.0 Å². The van der Waals surface area contributed by atoms with Crippen LogP contribution < -0.4 is 15.4 Å². The number of hydrogen-bond donors (Lipinski definition) is 2. The van der Waals surface area contributed by atoms with Crippen molar-refractivity contribution in [1.82, 2.24) is 5.32 Å². The predicted molar refractivity (Wildman–Crippen MR) is 82.1 cm³/mol. The first-order valence-electron chi connectivity index (χ1n) is 6.63. The first-order chi connectivity index (χ1) is 10.7. The van der Waals surface area contributed by atoms with E-state index in [1.54, 1.807) is 6.07 Å². The lowest BCUT2D eigenvalue weighted by atomic mass is 10.3. The van der Waals surface area contributed by atoms with E-state index in [9.17, 15) is 14.9 Å². The Bertz CT molecular complexity index is 646. The molecule has 0 aliphatic carbocycles. The summed E-state index contributed by atoms with van der Waals surface area (Å²) in [5, 5.41) is 15.8. The van der Waals surface area contributed by atoms with Gasteiger partial charge < -0.3 is 15.4 Å². The second-order valence-electron chi connectivity index (χ2n) is 4.32. The molecule has 0 radical (unpaired) electrons. The fourth-order valence-corrected chi connectivity index (χ4v) is 1.76. The number of hydrogen-bond acceptors (Lipinski definition) is 4. The van der Waals surface area contributed by atoms with Crippen LogP contribution in [0.25, 0.3) is 0 Å². The minimum Gasteiger partial charge on any atom is -0.492 e. The maximum Gasteiger partial charge on any atom is 0.319 e. The number of nitrogens with zero attached hydrogens (tertiary/aromatic N) is 1. The highest BCUT2D eigenvalue weighted by Crippen LogP contribution is 2.22. The summed E-state index contributed by atoms with van der Waals surface area (Å²) in [5.41, 5.74) is -0.00726. The largest absolute Gasteiger partial charge is 0.492 e. The molecule has 0 atom stereocenters. The molecule has 0 saturated heterocycles. The summed E-state index contributed by atoms with van der Waals surface area (Å²) in [7, 11) is 0. The molecule has 2 amide bonds. The molecule has 114 valence electrons. The molecule has 2 aromatic carbocycles. The molecule has 22 heavy (non-hydrogen) atoms. The highest BCUT2D eigenvalue weighted by atomic mass is 16.6. The van der Waals surface area contributed by atoms with Gasteiger partial charge in [-0.3, -0.25) is 10.1 Å². The van der Waals surface area contributed by atoms with Crippen molar-refractivity contribution >= 4 is 17.4 Å². The topological polar surface area (TPSA) is 93.5 Å². The van der Waals surface area contributed by atoms with Gasteiger partial charge in [-0.25, -0.2) is 4.79 Å². The zero-order valence-electron chi connectivity index (χ0n) is 11.7. The summed E-state index contributed by atoms with van der Waals surface area (Å²) < 4.78 is 5.42. The third-order valence-corrected chi connectivity index (χ3v) is 2.75. The van der Waals surface area contributed by atoms with Crippen LogP contribution in [0.3, 0.4) is 0 Å². The molecule has 0 saturated carbocycles. The number of amides is 2. The maximum absolute atomic E-state index is 11.7. The van der Waals surface area contributed by atoms with Crippen LogP contribution in [0.4, 0.5) is 16.2 Å². The number of urea groups is 1. The highest BCUT2D eigenvalue weighted by Gasteiger charge is 2.14. The van der Waals surface area contributed by atoms with Crippen LogP contribution in [0.2, 0.25) is 0 Å². The third kappa shape index (κ3) is 4.48. The van der Waals surface area contributed by atoms with Crippen molar-refractivity contribution in [3.8, 4) is 5.75 Å². The summed E-state index contributed by atoms with van der Waals surface area (Å²) in [4.78, 5) is 22.0. The van der Waals surface area contributed by atoms with Gasteiger partial charge in [0, 0.05) is 6.07 Å². The standard InChI is InChI=1S/C15H15N3O4/c19-15(16-10-11-22-12-6-2-1-3-7-12)17-13-8-4-5-9-14(13)18(20)21/h1-9H,10-11H2,(H2,16,17,19). The minimum absolute atomic E-state index is 0.147. The molecule has 2 rings (SSSR count). The quantitative estimate of drug-likeness (QED) is 0.487. The van der Waals surface area contributed by atoms with Gasteiger partial charge in [0.15, 0.2) is 0 Å². The van der Waals surface area contributed by atoms with Gasteiger partial charge in [-0.1, -0.05) is 30.3 Å². The fraction of sp³-hybridized carbons (Fsp3) is 0.133. The van der Waals surface area contributed by atoms with Crippen molar-refractivity contribution in [2.24, 2.45) is 0 Å². The number of para-hydroxylation sites is 3. The van der Waals surface area contributed by atoms with Crippen molar-refractivity contribution < 1.29 is 14.5 Å². The van der Waals surface area contributed by atoms with Crippen LogP contribution in [0.15, 0.2) is 54.6 Å². The van der Waals surface area contributed by atoms with Crippen molar-refractivity contribution in [1.29, 1.82) is 0 Å². The average Bonchev–Trinajstić information content (AvgIpc) is 2.53. The lowest BCUT2D eigenvalue weighted by Gasteiger charge is -2.09. The summed E-state index contributed by atoms with van der Waals surface area (Å²) in [6, 6.07) is 14.6. The molecule has 0 aliphatic rings. The van der Waals surface area contributed by atoms with Gasteiger partial charge in [0.25, 0.3) is 5.69 Å². The van der Waals surface area contributed by atoms with E-state index in [0.717, 1.165) is 0 Å². The Labute approximate surface area is 127 Å². The molecule has 0 aromatic heterocycles. The Hall–Kier alpha value is -3.09. The minimum atomic E-state index is -0.547. The van der Waals surface area contributed by atoms with Crippen LogP contribution in [0.1, 0.15) is 0 Å². The molecule has 2 aromatic rings. The summed E-state index contributed by atoms with van der Waals surface area (Å²) in [6.45, 7) is 0.579. The monoisotopic (exact) mass is 301 g/mol. The normalized spacial score (nSPS) is 9.82. The molecule has 2 N–H and O–H groups in total. The average molecular weight is 301 g/mol. The van der Waals surface area contributed by atoms with E-state index in [4.69, 9.17) is 4.74 Å². The SMILES string of the molecule is O=C(NCCOc1ccccc1)Nc1ccccc1[N+](=O)[O-]. The third-order valence-electron chi connectivity index (χ3n) is 2.75.